The second-order valence-electron chi connectivity index (χ2n) is 4.01. The Balaban J connectivity index is 2.16. The third kappa shape index (κ3) is 2.41. The molecule has 5 unspecified atom stereocenters. The number of rotatable bonds is 2. The van der Waals surface area contributed by atoms with Gasteiger partial charge >= 0.3 is 11.9 Å². The summed E-state index contributed by atoms with van der Waals surface area (Å²) in [6.45, 7) is 2.62. The average molecular weight is 246 g/mol. The van der Waals surface area contributed by atoms with E-state index in [1.807, 2.05) is 0 Å². The van der Waals surface area contributed by atoms with Crippen molar-refractivity contribution in [2.75, 3.05) is 6.61 Å². The first-order valence-corrected chi connectivity index (χ1v) is 5.28. The van der Waals surface area contributed by atoms with Crippen molar-refractivity contribution >= 4 is 11.9 Å². The maximum Gasteiger partial charge on any atom is 0.303 e. The van der Waals surface area contributed by atoms with E-state index in [4.69, 9.17) is 18.9 Å². The Labute approximate surface area is 97.6 Å². The number of carbonyl (C=O) groups is 2. The Bertz CT molecular complexity index is 313. The molecule has 2 bridgehead atoms. The highest BCUT2D eigenvalue weighted by molar-refractivity contribution is 5.67. The molecule has 17 heavy (non-hydrogen) atoms. The predicted octanol–water partition coefficient (Wildman–Crippen LogP) is -1.03. The van der Waals surface area contributed by atoms with E-state index in [0.717, 1.165) is 0 Å². The molecule has 2 heterocycles. The normalized spacial score (nSPS) is 39.8. The lowest BCUT2D eigenvalue weighted by molar-refractivity contribution is -0.245. The number of ether oxygens (including phenoxy) is 4. The molecule has 5 atom stereocenters. The van der Waals surface area contributed by atoms with Crippen LogP contribution >= 0.6 is 0 Å². The van der Waals surface area contributed by atoms with Gasteiger partial charge in [0.15, 0.2) is 18.5 Å². The standard InChI is InChI=1S/C10H14O7/c1-4(11)15-8-7(13)6-3-14-10(17-6)9(8)16-5(2)12/h6-10,13H,3H2,1-2H3. The van der Waals surface area contributed by atoms with Crippen molar-refractivity contribution in [2.24, 2.45) is 0 Å². The van der Waals surface area contributed by atoms with Gasteiger partial charge in [-0.25, -0.2) is 0 Å². The maximum atomic E-state index is 11.0. The smallest absolute Gasteiger partial charge is 0.303 e. The number of hydrogen-bond donors (Lipinski definition) is 1. The fourth-order valence-corrected chi connectivity index (χ4v) is 2.00. The van der Waals surface area contributed by atoms with Crippen molar-refractivity contribution in [1.29, 1.82) is 0 Å². The van der Waals surface area contributed by atoms with Crippen LogP contribution in [0.25, 0.3) is 0 Å². The van der Waals surface area contributed by atoms with Gasteiger partial charge in [0.1, 0.15) is 12.2 Å². The minimum Gasteiger partial charge on any atom is -0.455 e. The van der Waals surface area contributed by atoms with Crippen LogP contribution in [0, 0.1) is 0 Å². The zero-order valence-corrected chi connectivity index (χ0v) is 9.49. The molecule has 0 aliphatic carbocycles. The molecule has 0 aromatic carbocycles. The summed E-state index contributed by atoms with van der Waals surface area (Å²) in [5.41, 5.74) is 0. The van der Waals surface area contributed by atoms with Crippen LogP contribution in [0.3, 0.4) is 0 Å². The van der Waals surface area contributed by atoms with Crippen LogP contribution in [-0.2, 0) is 28.5 Å². The summed E-state index contributed by atoms with van der Waals surface area (Å²) in [4.78, 5) is 21.9. The molecule has 0 saturated carbocycles. The Kier molecular flexibility index (Phi) is 3.32. The fourth-order valence-electron chi connectivity index (χ4n) is 2.00. The first-order chi connectivity index (χ1) is 7.99. The van der Waals surface area contributed by atoms with E-state index in [0.29, 0.717) is 0 Å². The third-order valence-corrected chi connectivity index (χ3v) is 2.65. The molecule has 2 aliphatic heterocycles. The number of esters is 2. The molecule has 96 valence electrons. The Morgan fingerprint density at radius 2 is 1.76 bits per heavy atom. The first-order valence-electron chi connectivity index (χ1n) is 5.28. The third-order valence-electron chi connectivity index (χ3n) is 2.65. The Morgan fingerprint density at radius 1 is 1.18 bits per heavy atom. The number of aliphatic hydroxyl groups excluding tert-OH is 1. The molecule has 0 aromatic rings. The SMILES string of the molecule is CC(=O)OC1C2OCC(O2)C(O)C1OC(C)=O. The van der Waals surface area contributed by atoms with Crippen molar-refractivity contribution in [3.05, 3.63) is 0 Å². The molecule has 0 spiro atoms. The van der Waals surface area contributed by atoms with Crippen LogP contribution in [0.1, 0.15) is 13.8 Å². The predicted molar refractivity (Wildman–Crippen MR) is 51.7 cm³/mol. The molecule has 2 saturated heterocycles. The highest BCUT2D eigenvalue weighted by Gasteiger charge is 2.53. The van der Waals surface area contributed by atoms with Gasteiger partial charge in [0.25, 0.3) is 0 Å². The molecule has 0 aromatic heterocycles. The van der Waals surface area contributed by atoms with E-state index in [-0.39, 0.29) is 6.61 Å². The van der Waals surface area contributed by atoms with Crippen molar-refractivity contribution in [3.63, 3.8) is 0 Å². The molecule has 7 heteroatoms. The van der Waals surface area contributed by atoms with Crippen LogP contribution in [0.15, 0.2) is 0 Å². The summed E-state index contributed by atoms with van der Waals surface area (Å²) in [6, 6.07) is 0. The van der Waals surface area contributed by atoms with Crippen molar-refractivity contribution in [3.8, 4) is 0 Å². The van der Waals surface area contributed by atoms with E-state index in [1.54, 1.807) is 0 Å². The molecule has 2 fully saturated rings. The number of fused-ring (bicyclic) bond motifs is 2. The molecular weight excluding hydrogens is 232 g/mol. The summed E-state index contributed by atoms with van der Waals surface area (Å²) in [6.07, 6.45) is -4.32. The number of aliphatic hydroxyl groups is 1. The van der Waals surface area contributed by atoms with Crippen LogP contribution in [0.5, 0.6) is 0 Å². The van der Waals surface area contributed by atoms with E-state index in [1.165, 1.54) is 13.8 Å². The van der Waals surface area contributed by atoms with Gasteiger partial charge in [0.2, 0.25) is 0 Å². The quantitative estimate of drug-likeness (QED) is 0.622. The zero-order chi connectivity index (χ0) is 12.6. The molecule has 0 radical (unpaired) electrons. The molecule has 1 N–H and O–H groups in total. The van der Waals surface area contributed by atoms with Crippen molar-refractivity contribution in [1.82, 2.24) is 0 Å². The summed E-state index contributed by atoms with van der Waals surface area (Å²) in [5, 5.41) is 9.91. The fraction of sp³-hybridized carbons (Fsp3) is 0.800. The van der Waals surface area contributed by atoms with Gasteiger partial charge in [-0.2, -0.15) is 0 Å². The van der Waals surface area contributed by atoms with E-state index >= 15 is 0 Å². The average Bonchev–Trinajstić information content (AvgIpc) is 2.65. The molecule has 0 amide bonds. The monoisotopic (exact) mass is 246 g/mol. The van der Waals surface area contributed by atoms with Crippen LogP contribution in [0.4, 0.5) is 0 Å². The molecule has 2 aliphatic rings. The largest absolute Gasteiger partial charge is 0.455 e. The van der Waals surface area contributed by atoms with Crippen molar-refractivity contribution < 1.29 is 33.6 Å². The summed E-state index contributed by atoms with van der Waals surface area (Å²) in [7, 11) is 0. The second-order valence-corrected chi connectivity index (χ2v) is 4.01. The van der Waals surface area contributed by atoms with Gasteiger partial charge in [0.05, 0.1) is 6.61 Å². The van der Waals surface area contributed by atoms with Crippen LogP contribution in [0.2, 0.25) is 0 Å². The minimum absolute atomic E-state index is 0.182. The summed E-state index contributed by atoms with van der Waals surface area (Å²) in [5.74, 6) is -1.12. The van der Waals surface area contributed by atoms with Gasteiger partial charge in [-0.15, -0.1) is 0 Å². The van der Waals surface area contributed by atoms with Gasteiger partial charge in [-0.05, 0) is 0 Å². The zero-order valence-electron chi connectivity index (χ0n) is 9.49. The topological polar surface area (TPSA) is 91.3 Å². The molecular formula is C10H14O7. The lowest BCUT2D eigenvalue weighted by Gasteiger charge is -2.36. The minimum atomic E-state index is -1.07. The first kappa shape index (κ1) is 12.3. The van der Waals surface area contributed by atoms with E-state index in [2.05, 4.69) is 0 Å². The highest BCUT2D eigenvalue weighted by Crippen LogP contribution is 2.31. The summed E-state index contributed by atoms with van der Waals surface area (Å²) >= 11 is 0. The van der Waals surface area contributed by atoms with Crippen LogP contribution < -0.4 is 0 Å². The van der Waals surface area contributed by atoms with E-state index < -0.39 is 42.6 Å². The van der Waals surface area contributed by atoms with Crippen LogP contribution in [-0.4, -0.2) is 54.4 Å². The van der Waals surface area contributed by atoms with E-state index in [9.17, 15) is 14.7 Å². The van der Waals surface area contributed by atoms with Gasteiger partial charge < -0.3 is 24.1 Å². The highest BCUT2D eigenvalue weighted by atomic mass is 16.8. The van der Waals surface area contributed by atoms with Gasteiger partial charge in [0, 0.05) is 13.8 Å². The van der Waals surface area contributed by atoms with Gasteiger partial charge in [-0.1, -0.05) is 0 Å². The van der Waals surface area contributed by atoms with Crippen molar-refractivity contribution in [2.45, 2.75) is 44.6 Å². The maximum absolute atomic E-state index is 11.0. The number of hydrogen-bond acceptors (Lipinski definition) is 7. The summed E-state index contributed by atoms with van der Waals surface area (Å²) < 4.78 is 20.5. The lowest BCUT2D eigenvalue weighted by atomic mass is 10.0. The Hall–Kier alpha value is -1.18. The van der Waals surface area contributed by atoms with Gasteiger partial charge in [-0.3, -0.25) is 9.59 Å². The molecule has 2 rings (SSSR count). The lowest BCUT2D eigenvalue weighted by Crippen LogP contribution is -2.56. The Morgan fingerprint density at radius 3 is 2.35 bits per heavy atom. The molecule has 7 nitrogen and oxygen atoms in total. The number of carbonyl (C=O) groups excluding carboxylic acids is 2. The second kappa shape index (κ2) is 4.59.